The Morgan fingerprint density at radius 2 is 1.97 bits per heavy atom. The first-order valence-corrected chi connectivity index (χ1v) is 12.4. The van der Waals surface area contributed by atoms with Gasteiger partial charge in [-0.05, 0) is 50.9 Å². The number of rotatable bonds is 5. The van der Waals surface area contributed by atoms with Crippen molar-refractivity contribution in [2.24, 2.45) is 4.99 Å². The van der Waals surface area contributed by atoms with Gasteiger partial charge in [0.1, 0.15) is 0 Å². The number of amidine groups is 1. The Kier molecular flexibility index (Phi) is 7.16. The topological polar surface area (TPSA) is 65.5 Å². The van der Waals surface area contributed by atoms with E-state index in [9.17, 15) is 9.59 Å². The first-order valence-electron chi connectivity index (χ1n) is 11.1. The molecule has 0 saturated carbocycles. The standard InChI is InChI=1S/C24H29ClN4O3S/c1-15(2)32-23(31)21-16(3)26-24-29(22(21)17-6-5-7-18(25)12-17)19(14-33-24)13-20(30)28-10-8-27(4)9-11-28/h5-7,12,14-15,22H,8-11,13H2,1-4H3. The summed E-state index contributed by atoms with van der Waals surface area (Å²) in [6, 6.07) is 7.00. The van der Waals surface area contributed by atoms with Crippen LogP contribution in [0.3, 0.4) is 0 Å². The number of ether oxygens (including phenoxy) is 1. The van der Waals surface area contributed by atoms with Crippen LogP contribution in [0.5, 0.6) is 0 Å². The SMILES string of the molecule is CC1=C(C(=O)OC(C)C)C(c2cccc(Cl)c2)N2C(CC(=O)N3CCN(C)CC3)=CSC2=N1. The van der Waals surface area contributed by atoms with Crippen LogP contribution in [0.25, 0.3) is 0 Å². The predicted octanol–water partition coefficient (Wildman–Crippen LogP) is 4.03. The van der Waals surface area contributed by atoms with Crippen molar-refractivity contribution in [1.82, 2.24) is 14.7 Å². The number of aliphatic imine (C=N–C) groups is 1. The van der Waals surface area contributed by atoms with E-state index in [-0.39, 0.29) is 18.4 Å². The number of likely N-dealkylation sites (N-methyl/N-ethyl adjacent to an activating group) is 1. The number of thioether (sulfide) groups is 1. The number of hydrogen-bond donors (Lipinski definition) is 0. The molecule has 7 nitrogen and oxygen atoms in total. The Morgan fingerprint density at radius 1 is 1.24 bits per heavy atom. The number of hydrogen-bond acceptors (Lipinski definition) is 7. The van der Waals surface area contributed by atoms with Crippen molar-refractivity contribution in [1.29, 1.82) is 0 Å². The molecular formula is C24H29ClN4O3S. The van der Waals surface area contributed by atoms with Gasteiger partial charge in [-0.1, -0.05) is 35.5 Å². The molecule has 1 saturated heterocycles. The number of carbonyl (C=O) groups is 2. The maximum Gasteiger partial charge on any atom is 0.338 e. The van der Waals surface area contributed by atoms with Gasteiger partial charge in [0.05, 0.1) is 29.8 Å². The Balaban J connectivity index is 1.67. The zero-order chi connectivity index (χ0) is 23.7. The van der Waals surface area contributed by atoms with E-state index in [2.05, 4.69) is 11.9 Å². The molecule has 1 atom stereocenters. The minimum atomic E-state index is -0.469. The number of piperazine rings is 1. The van der Waals surface area contributed by atoms with Crippen LogP contribution >= 0.6 is 23.4 Å². The third-order valence-corrected chi connectivity index (χ3v) is 7.04. The highest BCUT2D eigenvalue weighted by Gasteiger charge is 2.41. The fourth-order valence-corrected chi connectivity index (χ4v) is 5.39. The smallest absolute Gasteiger partial charge is 0.338 e. The lowest BCUT2D eigenvalue weighted by molar-refractivity contribution is -0.143. The molecule has 3 heterocycles. The minimum Gasteiger partial charge on any atom is -0.459 e. The van der Waals surface area contributed by atoms with Gasteiger partial charge < -0.3 is 19.4 Å². The fraction of sp³-hybridized carbons (Fsp3) is 0.458. The highest BCUT2D eigenvalue weighted by Crippen LogP contribution is 2.45. The monoisotopic (exact) mass is 488 g/mol. The predicted molar refractivity (Wildman–Crippen MR) is 132 cm³/mol. The van der Waals surface area contributed by atoms with E-state index in [1.54, 1.807) is 6.07 Å². The van der Waals surface area contributed by atoms with Crippen LogP contribution in [0.15, 0.2) is 51.6 Å². The number of nitrogens with zero attached hydrogens (tertiary/aromatic N) is 4. The molecule has 4 rings (SSSR count). The summed E-state index contributed by atoms with van der Waals surface area (Å²) in [5, 5.41) is 3.30. The summed E-state index contributed by atoms with van der Waals surface area (Å²) in [4.78, 5) is 37.1. The molecule has 3 aliphatic rings. The van der Waals surface area contributed by atoms with Crippen molar-refractivity contribution in [3.05, 3.63) is 57.2 Å². The molecule has 1 fully saturated rings. The Bertz CT molecular complexity index is 1040. The number of fused-ring (bicyclic) bond motifs is 1. The van der Waals surface area contributed by atoms with Crippen LogP contribution in [0.2, 0.25) is 5.02 Å². The van der Waals surface area contributed by atoms with Gasteiger partial charge in [-0.25, -0.2) is 9.79 Å². The molecule has 1 aromatic carbocycles. The van der Waals surface area contributed by atoms with Crippen molar-refractivity contribution in [2.75, 3.05) is 33.2 Å². The van der Waals surface area contributed by atoms with Crippen LogP contribution in [0.4, 0.5) is 0 Å². The molecule has 3 aliphatic heterocycles. The molecular weight excluding hydrogens is 460 g/mol. The van der Waals surface area contributed by atoms with Crippen LogP contribution in [0.1, 0.15) is 38.8 Å². The van der Waals surface area contributed by atoms with Crippen molar-refractivity contribution in [3.8, 4) is 0 Å². The van der Waals surface area contributed by atoms with Gasteiger partial charge >= 0.3 is 5.97 Å². The van der Waals surface area contributed by atoms with Crippen LogP contribution < -0.4 is 0 Å². The molecule has 0 spiro atoms. The summed E-state index contributed by atoms with van der Waals surface area (Å²) in [6.07, 6.45) is -0.0109. The van der Waals surface area contributed by atoms with E-state index in [1.807, 2.05) is 54.2 Å². The molecule has 176 valence electrons. The lowest BCUT2D eigenvalue weighted by Gasteiger charge is -2.37. The summed E-state index contributed by atoms with van der Waals surface area (Å²) < 4.78 is 5.58. The summed E-state index contributed by atoms with van der Waals surface area (Å²) in [7, 11) is 2.07. The largest absolute Gasteiger partial charge is 0.459 e. The first kappa shape index (κ1) is 23.9. The Hall–Kier alpha value is -2.29. The zero-order valence-corrected chi connectivity index (χ0v) is 20.9. The zero-order valence-electron chi connectivity index (χ0n) is 19.4. The average Bonchev–Trinajstić information content (AvgIpc) is 3.14. The molecule has 1 amide bonds. The lowest BCUT2D eigenvalue weighted by Crippen LogP contribution is -2.47. The summed E-state index contributed by atoms with van der Waals surface area (Å²) >= 11 is 7.80. The van der Waals surface area contributed by atoms with Crippen molar-refractivity contribution in [2.45, 2.75) is 39.3 Å². The van der Waals surface area contributed by atoms with Gasteiger partial charge in [0, 0.05) is 36.9 Å². The van der Waals surface area contributed by atoms with Gasteiger partial charge in [-0.2, -0.15) is 0 Å². The number of halogens is 1. The van der Waals surface area contributed by atoms with E-state index >= 15 is 0 Å². The highest BCUT2D eigenvalue weighted by atomic mass is 35.5. The second-order valence-corrected chi connectivity index (χ2v) is 10.0. The van der Waals surface area contributed by atoms with Crippen molar-refractivity contribution in [3.63, 3.8) is 0 Å². The van der Waals surface area contributed by atoms with Crippen LogP contribution in [0, 0.1) is 0 Å². The highest BCUT2D eigenvalue weighted by molar-refractivity contribution is 8.16. The molecule has 0 bridgehead atoms. The maximum absolute atomic E-state index is 13.2. The van der Waals surface area contributed by atoms with Crippen LogP contribution in [-0.2, 0) is 14.3 Å². The molecule has 0 aliphatic carbocycles. The summed E-state index contributed by atoms with van der Waals surface area (Å²) in [6.45, 7) is 8.66. The minimum absolute atomic E-state index is 0.0821. The van der Waals surface area contributed by atoms with Gasteiger partial charge in [-0.15, -0.1) is 0 Å². The number of amides is 1. The van der Waals surface area contributed by atoms with Crippen LogP contribution in [-0.4, -0.2) is 71.1 Å². The second kappa shape index (κ2) is 9.91. The molecule has 0 aromatic heterocycles. The average molecular weight is 489 g/mol. The van der Waals surface area contributed by atoms with Gasteiger partial charge in [0.15, 0.2) is 5.17 Å². The fourth-order valence-electron chi connectivity index (χ4n) is 4.22. The van der Waals surface area contributed by atoms with Crippen molar-refractivity contribution < 1.29 is 14.3 Å². The maximum atomic E-state index is 13.2. The number of allylic oxidation sites excluding steroid dienone is 1. The van der Waals surface area contributed by atoms with E-state index in [0.29, 0.717) is 16.3 Å². The summed E-state index contributed by atoms with van der Waals surface area (Å²) in [5.74, 6) is -0.324. The Labute approximate surface area is 204 Å². The molecule has 0 radical (unpaired) electrons. The van der Waals surface area contributed by atoms with Crippen molar-refractivity contribution >= 4 is 40.4 Å². The van der Waals surface area contributed by atoms with E-state index in [0.717, 1.165) is 42.6 Å². The molecule has 33 heavy (non-hydrogen) atoms. The third kappa shape index (κ3) is 5.13. The van der Waals surface area contributed by atoms with E-state index in [4.69, 9.17) is 21.3 Å². The second-order valence-electron chi connectivity index (χ2n) is 8.76. The third-order valence-electron chi connectivity index (χ3n) is 5.92. The van der Waals surface area contributed by atoms with Gasteiger partial charge in [0.25, 0.3) is 0 Å². The molecule has 1 unspecified atom stereocenters. The Morgan fingerprint density at radius 3 is 2.64 bits per heavy atom. The van der Waals surface area contributed by atoms with E-state index in [1.165, 1.54) is 11.8 Å². The van der Waals surface area contributed by atoms with Gasteiger partial charge in [-0.3, -0.25) is 4.79 Å². The number of benzene rings is 1. The quantitative estimate of drug-likeness (QED) is 0.583. The lowest BCUT2D eigenvalue weighted by atomic mass is 9.94. The van der Waals surface area contributed by atoms with E-state index < -0.39 is 12.0 Å². The normalized spacial score (nSPS) is 21.2. The molecule has 9 heteroatoms. The molecule has 0 N–H and O–H groups in total. The molecule has 1 aromatic rings. The first-order chi connectivity index (χ1) is 15.7. The summed E-state index contributed by atoms with van der Waals surface area (Å²) in [5.41, 5.74) is 2.76. The number of esters is 1. The van der Waals surface area contributed by atoms with Gasteiger partial charge in [0.2, 0.25) is 5.91 Å². The number of carbonyl (C=O) groups excluding carboxylic acids is 2.